The van der Waals surface area contributed by atoms with Crippen LogP contribution in [0.2, 0.25) is 0 Å². The molecule has 0 saturated carbocycles. The molecule has 1 atom stereocenters. The molecule has 1 heterocycles. The van der Waals surface area contributed by atoms with Crippen LogP contribution in [0.15, 0.2) is 0 Å². The maximum absolute atomic E-state index is 10.5. The van der Waals surface area contributed by atoms with Crippen LogP contribution in [0.5, 0.6) is 0 Å². The minimum absolute atomic E-state index is 0.160. The van der Waals surface area contributed by atoms with Gasteiger partial charge < -0.3 is 10.0 Å². The van der Waals surface area contributed by atoms with Crippen molar-refractivity contribution in [2.45, 2.75) is 52.5 Å². The molecule has 0 aromatic rings. The van der Waals surface area contributed by atoms with Gasteiger partial charge in [0.2, 0.25) is 0 Å². The molecule has 1 aliphatic heterocycles. The standard InChI is InChI=1S/C12H23NO2/c1-10-5-8-13(10)9-7-12(2,3)6-4-11(14)15/h10H,4-9H2,1-3H3,(H,14,15). The van der Waals surface area contributed by atoms with Crippen LogP contribution in [0.25, 0.3) is 0 Å². The van der Waals surface area contributed by atoms with Gasteiger partial charge in [-0.1, -0.05) is 13.8 Å². The Labute approximate surface area is 92.5 Å². The molecule has 15 heavy (non-hydrogen) atoms. The Bertz CT molecular complexity index is 226. The lowest BCUT2D eigenvalue weighted by Gasteiger charge is -2.40. The Balaban J connectivity index is 2.20. The summed E-state index contributed by atoms with van der Waals surface area (Å²) in [6, 6.07) is 0.736. The van der Waals surface area contributed by atoms with Crippen LogP contribution in [0.4, 0.5) is 0 Å². The third kappa shape index (κ3) is 4.20. The number of hydrogen-bond acceptors (Lipinski definition) is 2. The molecule has 88 valence electrons. The molecule has 1 unspecified atom stereocenters. The lowest BCUT2D eigenvalue weighted by molar-refractivity contribution is -0.137. The zero-order valence-corrected chi connectivity index (χ0v) is 10.1. The minimum atomic E-state index is -0.680. The third-order valence-electron chi connectivity index (χ3n) is 3.55. The molecule has 1 fully saturated rings. The second-order valence-corrected chi connectivity index (χ2v) is 5.48. The summed E-state index contributed by atoms with van der Waals surface area (Å²) in [5.41, 5.74) is 0.160. The third-order valence-corrected chi connectivity index (χ3v) is 3.55. The summed E-state index contributed by atoms with van der Waals surface area (Å²) in [4.78, 5) is 13.0. The van der Waals surface area contributed by atoms with E-state index in [-0.39, 0.29) is 5.41 Å². The fourth-order valence-corrected chi connectivity index (χ4v) is 1.92. The Morgan fingerprint density at radius 2 is 2.13 bits per heavy atom. The quantitative estimate of drug-likeness (QED) is 0.736. The smallest absolute Gasteiger partial charge is 0.303 e. The number of carboxylic acid groups (broad SMARTS) is 1. The Kier molecular flexibility index (Phi) is 4.14. The van der Waals surface area contributed by atoms with Gasteiger partial charge in [-0.25, -0.2) is 0 Å². The van der Waals surface area contributed by atoms with Crippen molar-refractivity contribution in [3.8, 4) is 0 Å². The molecule has 1 aliphatic rings. The lowest BCUT2D eigenvalue weighted by atomic mass is 9.83. The van der Waals surface area contributed by atoms with E-state index in [1.54, 1.807) is 0 Å². The molecule has 0 spiro atoms. The van der Waals surface area contributed by atoms with E-state index >= 15 is 0 Å². The second-order valence-electron chi connectivity index (χ2n) is 5.48. The first kappa shape index (κ1) is 12.5. The number of hydrogen-bond donors (Lipinski definition) is 1. The Hall–Kier alpha value is -0.570. The average molecular weight is 213 g/mol. The van der Waals surface area contributed by atoms with Crippen LogP contribution in [0.1, 0.15) is 46.5 Å². The highest BCUT2D eigenvalue weighted by atomic mass is 16.4. The van der Waals surface area contributed by atoms with Gasteiger partial charge in [-0.2, -0.15) is 0 Å². The molecule has 3 nitrogen and oxygen atoms in total. The highest BCUT2D eigenvalue weighted by molar-refractivity contribution is 5.66. The van der Waals surface area contributed by atoms with Crippen LogP contribution in [-0.4, -0.2) is 35.1 Å². The second kappa shape index (κ2) is 4.97. The first-order valence-electron chi connectivity index (χ1n) is 5.86. The van der Waals surface area contributed by atoms with E-state index in [4.69, 9.17) is 5.11 Å². The number of carbonyl (C=O) groups is 1. The zero-order valence-electron chi connectivity index (χ0n) is 10.1. The predicted molar refractivity (Wildman–Crippen MR) is 60.9 cm³/mol. The molecule has 0 amide bonds. The molecule has 0 aromatic carbocycles. The van der Waals surface area contributed by atoms with Crippen molar-refractivity contribution in [2.24, 2.45) is 5.41 Å². The van der Waals surface area contributed by atoms with E-state index in [9.17, 15) is 4.79 Å². The Morgan fingerprint density at radius 3 is 2.53 bits per heavy atom. The first-order chi connectivity index (χ1) is 6.91. The average Bonchev–Trinajstić information content (AvgIpc) is 2.12. The molecule has 1 N–H and O–H groups in total. The maximum atomic E-state index is 10.5. The fraction of sp³-hybridized carbons (Fsp3) is 0.917. The minimum Gasteiger partial charge on any atom is -0.481 e. The van der Waals surface area contributed by atoms with Crippen molar-refractivity contribution in [3.05, 3.63) is 0 Å². The van der Waals surface area contributed by atoms with Crippen LogP contribution in [-0.2, 0) is 4.79 Å². The largest absolute Gasteiger partial charge is 0.481 e. The van der Waals surface area contributed by atoms with E-state index in [0.29, 0.717) is 6.42 Å². The van der Waals surface area contributed by atoms with Crippen LogP contribution >= 0.6 is 0 Å². The van der Waals surface area contributed by atoms with Gasteiger partial charge in [0.1, 0.15) is 0 Å². The molecule has 0 bridgehead atoms. The van der Waals surface area contributed by atoms with Crippen molar-refractivity contribution < 1.29 is 9.90 Å². The topological polar surface area (TPSA) is 40.5 Å². The number of rotatable bonds is 6. The van der Waals surface area contributed by atoms with E-state index in [2.05, 4.69) is 25.7 Å². The monoisotopic (exact) mass is 213 g/mol. The van der Waals surface area contributed by atoms with Crippen LogP contribution in [0, 0.1) is 5.41 Å². The number of likely N-dealkylation sites (tertiary alicyclic amines) is 1. The van der Waals surface area contributed by atoms with Crippen molar-refractivity contribution >= 4 is 5.97 Å². The van der Waals surface area contributed by atoms with Gasteiger partial charge in [-0.15, -0.1) is 0 Å². The summed E-state index contributed by atoms with van der Waals surface area (Å²) < 4.78 is 0. The van der Waals surface area contributed by atoms with Gasteiger partial charge in [0, 0.05) is 12.5 Å². The Morgan fingerprint density at radius 1 is 1.47 bits per heavy atom. The summed E-state index contributed by atoms with van der Waals surface area (Å²) in [5, 5.41) is 8.64. The number of carboxylic acids is 1. The van der Waals surface area contributed by atoms with Gasteiger partial charge in [0.25, 0.3) is 0 Å². The number of nitrogens with zero attached hydrogens (tertiary/aromatic N) is 1. The highest BCUT2D eigenvalue weighted by Gasteiger charge is 2.26. The van der Waals surface area contributed by atoms with Gasteiger partial charge in [-0.3, -0.25) is 4.79 Å². The summed E-state index contributed by atoms with van der Waals surface area (Å²) >= 11 is 0. The molecular weight excluding hydrogens is 190 g/mol. The SMILES string of the molecule is CC1CCN1CCC(C)(C)CCC(=O)O. The maximum Gasteiger partial charge on any atom is 0.303 e. The molecule has 1 saturated heterocycles. The van der Waals surface area contributed by atoms with E-state index in [0.717, 1.165) is 25.4 Å². The highest BCUT2D eigenvalue weighted by Crippen LogP contribution is 2.28. The van der Waals surface area contributed by atoms with Crippen molar-refractivity contribution in [3.63, 3.8) is 0 Å². The van der Waals surface area contributed by atoms with E-state index < -0.39 is 5.97 Å². The van der Waals surface area contributed by atoms with E-state index in [1.807, 2.05) is 0 Å². The summed E-state index contributed by atoms with van der Waals surface area (Å²) in [5.74, 6) is -0.680. The summed E-state index contributed by atoms with van der Waals surface area (Å²) in [7, 11) is 0. The number of aliphatic carboxylic acids is 1. The molecule has 1 rings (SSSR count). The van der Waals surface area contributed by atoms with E-state index in [1.165, 1.54) is 13.0 Å². The predicted octanol–water partition coefficient (Wildman–Crippen LogP) is 2.36. The van der Waals surface area contributed by atoms with Gasteiger partial charge >= 0.3 is 5.97 Å². The lowest BCUT2D eigenvalue weighted by Crippen LogP contribution is -2.46. The first-order valence-corrected chi connectivity index (χ1v) is 5.86. The van der Waals surface area contributed by atoms with Gasteiger partial charge in [-0.05, 0) is 44.7 Å². The zero-order chi connectivity index (χ0) is 11.5. The van der Waals surface area contributed by atoms with Crippen molar-refractivity contribution in [1.82, 2.24) is 4.90 Å². The molecule has 0 aliphatic carbocycles. The summed E-state index contributed by atoms with van der Waals surface area (Å²) in [6.07, 6.45) is 3.49. The normalized spacial score (nSPS) is 22.5. The van der Waals surface area contributed by atoms with Gasteiger partial charge in [0.05, 0.1) is 0 Å². The molecule has 0 aromatic heterocycles. The van der Waals surface area contributed by atoms with Crippen molar-refractivity contribution in [1.29, 1.82) is 0 Å². The van der Waals surface area contributed by atoms with Crippen LogP contribution in [0.3, 0.4) is 0 Å². The summed E-state index contributed by atoms with van der Waals surface area (Å²) in [6.45, 7) is 8.93. The van der Waals surface area contributed by atoms with Crippen molar-refractivity contribution in [2.75, 3.05) is 13.1 Å². The fourth-order valence-electron chi connectivity index (χ4n) is 1.92. The molecule has 0 radical (unpaired) electrons. The van der Waals surface area contributed by atoms with Crippen LogP contribution < -0.4 is 0 Å². The molecule has 3 heteroatoms. The molecular formula is C12H23NO2. The van der Waals surface area contributed by atoms with Gasteiger partial charge in [0.15, 0.2) is 0 Å².